The number of hydrogen-bond donors (Lipinski definition) is 1. The van der Waals surface area contributed by atoms with Crippen molar-refractivity contribution in [2.24, 2.45) is 0 Å². The van der Waals surface area contributed by atoms with E-state index >= 15 is 0 Å². The predicted molar refractivity (Wildman–Crippen MR) is 158 cm³/mol. The molecule has 224 valence electrons. The molecule has 11 heteroatoms. The van der Waals surface area contributed by atoms with Crippen molar-refractivity contribution in [2.75, 3.05) is 25.2 Å². The van der Waals surface area contributed by atoms with Crippen molar-refractivity contribution >= 4 is 40.7 Å². The Bertz CT molecular complexity index is 1130. The summed E-state index contributed by atoms with van der Waals surface area (Å²) in [7, 11) is 1.60. The number of rotatable bonds is 14. The Hall–Kier alpha value is -2.59. The summed E-state index contributed by atoms with van der Waals surface area (Å²) >= 11 is 12.7. The van der Waals surface area contributed by atoms with Crippen LogP contribution in [-0.4, -0.2) is 49.5 Å². The molecule has 2 aliphatic rings. The maximum atomic E-state index is 13.8. The fraction of sp³-hybridized carbons (Fsp3) is 0.567. The average Bonchev–Trinajstić information content (AvgIpc) is 3.49. The van der Waals surface area contributed by atoms with Crippen LogP contribution in [0.25, 0.3) is 0 Å². The number of unbranched alkanes of at least 4 members (excludes halogenated alkanes) is 3. The van der Waals surface area contributed by atoms with Gasteiger partial charge in [-0.2, -0.15) is 0 Å². The summed E-state index contributed by atoms with van der Waals surface area (Å²) in [6, 6.07) is 5.49. The van der Waals surface area contributed by atoms with Crippen molar-refractivity contribution in [3.05, 3.63) is 46.2 Å². The fourth-order valence-corrected chi connectivity index (χ4v) is 5.63. The zero-order valence-electron chi connectivity index (χ0n) is 23.5. The Labute approximate surface area is 251 Å². The molecule has 0 radical (unpaired) electrons. The van der Waals surface area contributed by atoms with Crippen LogP contribution in [0.15, 0.2) is 30.6 Å². The van der Waals surface area contributed by atoms with Gasteiger partial charge in [0.2, 0.25) is 5.91 Å². The Morgan fingerprint density at radius 2 is 1.73 bits per heavy atom. The lowest BCUT2D eigenvalue weighted by Gasteiger charge is -2.25. The lowest BCUT2D eigenvalue weighted by atomic mass is 10.1. The molecule has 1 atom stereocenters. The van der Waals surface area contributed by atoms with Gasteiger partial charge in [0.25, 0.3) is 5.91 Å². The van der Waals surface area contributed by atoms with Crippen LogP contribution in [0.3, 0.4) is 0 Å². The maximum absolute atomic E-state index is 13.8. The summed E-state index contributed by atoms with van der Waals surface area (Å²) < 4.78 is 17.3. The molecule has 1 aliphatic carbocycles. The molecule has 1 aromatic carbocycles. The van der Waals surface area contributed by atoms with E-state index in [9.17, 15) is 9.59 Å². The number of nitrogens with zero attached hydrogens (tertiary/aromatic N) is 2. The van der Waals surface area contributed by atoms with E-state index in [4.69, 9.17) is 42.3 Å². The van der Waals surface area contributed by atoms with E-state index in [2.05, 4.69) is 10.5 Å². The third-order valence-electron chi connectivity index (χ3n) is 7.34. The van der Waals surface area contributed by atoms with Crippen LogP contribution in [0, 0.1) is 0 Å². The topological polar surface area (TPSA) is 99.2 Å². The van der Waals surface area contributed by atoms with Crippen LogP contribution in [0.5, 0.6) is 11.5 Å². The Morgan fingerprint density at radius 3 is 2.44 bits per heavy atom. The molecular weight excluding hydrogens is 569 g/mol. The number of pyridine rings is 1. The number of methoxy groups -OCH3 is 1. The molecular formula is C30H39Cl2N3O6. The molecule has 2 heterocycles. The van der Waals surface area contributed by atoms with E-state index < -0.39 is 0 Å². The Kier molecular flexibility index (Phi) is 12.4. The molecule has 9 nitrogen and oxygen atoms in total. The number of hydrogen-bond acceptors (Lipinski definition) is 7. The minimum absolute atomic E-state index is 0.130. The molecule has 1 unspecified atom stereocenters. The zero-order valence-corrected chi connectivity index (χ0v) is 25.1. The van der Waals surface area contributed by atoms with Crippen LogP contribution in [0.2, 0.25) is 10.0 Å². The SMILES string of the molecule is COc1ccc(N(CCCCCCC(=O)NOC2CCCCO2)C(=O)c2c(Cl)cncc2Cl)cc1OC1CCCC1. The van der Waals surface area contributed by atoms with Gasteiger partial charge >= 0.3 is 0 Å². The molecule has 1 aliphatic heterocycles. The molecule has 0 bridgehead atoms. The van der Waals surface area contributed by atoms with Crippen LogP contribution < -0.4 is 19.9 Å². The van der Waals surface area contributed by atoms with Crippen LogP contribution in [0.1, 0.15) is 87.4 Å². The van der Waals surface area contributed by atoms with Gasteiger partial charge in [0, 0.05) is 50.1 Å². The molecule has 0 spiro atoms. The van der Waals surface area contributed by atoms with E-state index in [0.717, 1.165) is 57.8 Å². The normalized spacial score (nSPS) is 17.3. The van der Waals surface area contributed by atoms with E-state index in [-0.39, 0.29) is 39.8 Å². The van der Waals surface area contributed by atoms with Gasteiger partial charge in [-0.15, -0.1) is 0 Å². The van der Waals surface area contributed by atoms with Gasteiger partial charge in [0.15, 0.2) is 17.8 Å². The van der Waals surface area contributed by atoms with Crippen molar-refractivity contribution in [3.8, 4) is 11.5 Å². The first-order valence-corrected chi connectivity index (χ1v) is 15.2. The first-order chi connectivity index (χ1) is 20.0. The molecule has 1 saturated heterocycles. The zero-order chi connectivity index (χ0) is 29.0. The summed E-state index contributed by atoms with van der Waals surface area (Å²) in [5.74, 6) is 0.741. The molecule has 1 saturated carbocycles. The average molecular weight is 609 g/mol. The largest absolute Gasteiger partial charge is 0.493 e. The fourth-order valence-electron chi connectivity index (χ4n) is 5.11. The molecule has 2 aromatic rings. The van der Waals surface area contributed by atoms with Crippen LogP contribution >= 0.6 is 23.2 Å². The molecule has 2 fully saturated rings. The molecule has 1 aromatic heterocycles. The molecule has 2 amide bonds. The number of aromatic nitrogens is 1. The lowest BCUT2D eigenvalue weighted by Crippen LogP contribution is -2.33. The lowest BCUT2D eigenvalue weighted by molar-refractivity contribution is -0.200. The van der Waals surface area contributed by atoms with Gasteiger partial charge in [-0.1, -0.05) is 36.0 Å². The third kappa shape index (κ3) is 9.20. The van der Waals surface area contributed by atoms with E-state index in [1.54, 1.807) is 12.0 Å². The standard InChI is InChI=1S/C30H39Cl2N3O6/c1-38-25-15-14-21(18-26(25)40-22-10-5-6-11-22)35(30(37)29-23(31)19-33-20-24(29)32)16-8-3-2-4-12-27(36)34-41-28-13-7-9-17-39-28/h14-15,18-20,22,28H,2-13,16-17H2,1H3,(H,34,36). The summed E-state index contributed by atoms with van der Waals surface area (Å²) in [6.45, 7) is 1.09. The summed E-state index contributed by atoms with van der Waals surface area (Å²) in [6.07, 6.45) is 13.1. The number of hydroxylamine groups is 1. The number of amides is 2. The Balaban J connectivity index is 1.37. The second kappa shape index (κ2) is 16.2. The number of halogens is 2. The van der Waals surface area contributed by atoms with Gasteiger partial charge in [0.05, 0.1) is 28.8 Å². The van der Waals surface area contributed by atoms with Crippen LogP contribution in [-0.2, 0) is 14.4 Å². The van der Waals surface area contributed by atoms with Crippen molar-refractivity contribution < 1.29 is 28.6 Å². The quantitative estimate of drug-likeness (QED) is 0.184. The third-order valence-corrected chi connectivity index (χ3v) is 7.92. The summed E-state index contributed by atoms with van der Waals surface area (Å²) in [5.41, 5.74) is 3.36. The number of nitrogens with one attached hydrogen (secondary N) is 1. The van der Waals surface area contributed by atoms with Gasteiger partial charge in [-0.3, -0.25) is 14.6 Å². The highest BCUT2D eigenvalue weighted by molar-refractivity contribution is 6.40. The molecule has 41 heavy (non-hydrogen) atoms. The highest BCUT2D eigenvalue weighted by Gasteiger charge is 2.25. The number of anilines is 1. The minimum Gasteiger partial charge on any atom is -0.493 e. The van der Waals surface area contributed by atoms with E-state index in [1.807, 2.05) is 18.2 Å². The summed E-state index contributed by atoms with van der Waals surface area (Å²) in [5, 5.41) is 0.380. The van der Waals surface area contributed by atoms with Gasteiger partial charge < -0.3 is 19.1 Å². The van der Waals surface area contributed by atoms with Gasteiger partial charge in [-0.25, -0.2) is 10.3 Å². The first kappa shape index (κ1) is 31.3. The summed E-state index contributed by atoms with van der Waals surface area (Å²) in [4.78, 5) is 36.9. The smallest absolute Gasteiger partial charge is 0.261 e. The highest BCUT2D eigenvalue weighted by atomic mass is 35.5. The number of carbonyl (C=O) groups excluding carboxylic acids is 2. The van der Waals surface area contributed by atoms with Crippen molar-refractivity contribution in [2.45, 2.75) is 89.4 Å². The number of ether oxygens (including phenoxy) is 3. The number of carbonyl (C=O) groups is 2. The van der Waals surface area contributed by atoms with E-state index in [0.29, 0.717) is 49.6 Å². The van der Waals surface area contributed by atoms with Crippen molar-refractivity contribution in [1.29, 1.82) is 0 Å². The van der Waals surface area contributed by atoms with Crippen molar-refractivity contribution in [1.82, 2.24) is 10.5 Å². The van der Waals surface area contributed by atoms with Crippen LogP contribution in [0.4, 0.5) is 5.69 Å². The highest BCUT2D eigenvalue weighted by Crippen LogP contribution is 2.36. The predicted octanol–water partition coefficient (Wildman–Crippen LogP) is 6.89. The number of benzene rings is 1. The maximum Gasteiger partial charge on any atom is 0.261 e. The van der Waals surface area contributed by atoms with Gasteiger partial charge in [0.1, 0.15) is 0 Å². The van der Waals surface area contributed by atoms with Gasteiger partial charge in [-0.05, 0) is 63.5 Å². The first-order valence-electron chi connectivity index (χ1n) is 14.5. The minimum atomic E-state index is -0.361. The van der Waals surface area contributed by atoms with Crippen molar-refractivity contribution in [3.63, 3.8) is 0 Å². The second-order valence-corrected chi connectivity index (χ2v) is 11.2. The van der Waals surface area contributed by atoms with E-state index in [1.165, 1.54) is 12.4 Å². The Morgan fingerprint density at radius 1 is 1.00 bits per heavy atom. The second-order valence-electron chi connectivity index (χ2n) is 10.4. The molecule has 1 N–H and O–H groups in total. The monoisotopic (exact) mass is 607 g/mol. The molecule has 4 rings (SSSR count).